The Hall–Kier alpha value is -2.28. The number of nitrogens with one attached hydrogen (secondary N) is 1. The molecule has 2 amide bonds. The van der Waals surface area contributed by atoms with Crippen LogP contribution >= 0.6 is 0 Å². The number of methoxy groups -OCH3 is 2. The molecule has 1 aliphatic rings. The van der Waals surface area contributed by atoms with Crippen molar-refractivity contribution in [2.24, 2.45) is 5.92 Å². The third-order valence-corrected chi connectivity index (χ3v) is 4.70. The van der Waals surface area contributed by atoms with E-state index in [2.05, 4.69) is 0 Å². The van der Waals surface area contributed by atoms with Crippen LogP contribution in [0.5, 0.6) is 11.5 Å². The van der Waals surface area contributed by atoms with E-state index in [1.807, 2.05) is 13.8 Å². The van der Waals surface area contributed by atoms with Crippen LogP contribution in [0, 0.1) is 5.92 Å². The summed E-state index contributed by atoms with van der Waals surface area (Å²) >= 11 is 0. The van der Waals surface area contributed by atoms with E-state index in [9.17, 15) is 9.59 Å². The minimum absolute atomic E-state index is 0.0476. The summed E-state index contributed by atoms with van der Waals surface area (Å²) in [6, 6.07) is 2.78. The number of ether oxygens (including phenoxy) is 2. The molecule has 1 aromatic carbocycles. The van der Waals surface area contributed by atoms with Gasteiger partial charge in [-0.2, -0.15) is 0 Å². The van der Waals surface area contributed by atoms with E-state index in [1.165, 1.54) is 12.0 Å². The Kier molecular flexibility index (Phi) is 6.25. The summed E-state index contributed by atoms with van der Waals surface area (Å²) in [5.74, 6) is 0.358. The van der Waals surface area contributed by atoms with Crippen LogP contribution in [-0.2, 0) is 11.2 Å². The topological polar surface area (TPSA) is 88.1 Å². The van der Waals surface area contributed by atoms with E-state index in [0.717, 1.165) is 24.8 Å². The highest BCUT2D eigenvalue weighted by atomic mass is 16.5. The summed E-state index contributed by atoms with van der Waals surface area (Å²) in [5.41, 5.74) is 3.00. The number of hydroxylamine groups is 1. The molecule has 2 rings (SSSR count). The lowest BCUT2D eigenvalue weighted by atomic mass is 9.85. The maximum absolute atomic E-state index is 12.9. The fourth-order valence-corrected chi connectivity index (χ4v) is 3.35. The van der Waals surface area contributed by atoms with E-state index >= 15 is 0 Å². The molecular formula is C18H26N2O5. The zero-order valence-electron chi connectivity index (χ0n) is 15.2. The summed E-state index contributed by atoms with van der Waals surface area (Å²) < 4.78 is 10.8. The monoisotopic (exact) mass is 350 g/mol. The van der Waals surface area contributed by atoms with Gasteiger partial charge in [0.25, 0.3) is 11.8 Å². The van der Waals surface area contributed by atoms with Crippen molar-refractivity contribution in [1.82, 2.24) is 10.4 Å². The van der Waals surface area contributed by atoms with Crippen LogP contribution in [0.1, 0.15) is 42.6 Å². The predicted molar refractivity (Wildman–Crippen MR) is 92.1 cm³/mol. The average Bonchev–Trinajstić information content (AvgIpc) is 2.60. The van der Waals surface area contributed by atoms with Gasteiger partial charge in [0.2, 0.25) is 0 Å². The number of rotatable bonds is 7. The van der Waals surface area contributed by atoms with E-state index < -0.39 is 11.9 Å². The summed E-state index contributed by atoms with van der Waals surface area (Å²) in [7, 11) is 3.10. The SMILES string of the molecule is CCCc1cc(C(=O)N2C[C@@H](CC)[C@@H]2C(=O)NO)cc(OC)c1OC. The smallest absolute Gasteiger partial charge is 0.266 e. The third kappa shape index (κ3) is 3.56. The number of hydrogen-bond donors (Lipinski definition) is 2. The van der Waals surface area contributed by atoms with Gasteiger partial charge in [-0.3, -0.25) is 14.8 Å². The Bertz CT molecular complexity index is 647. The van der Waals surface area contributed by atoms with Gasteiger partial charge in [0.1, 0.15) is 6.04 Å². The Balaban J connectivity index is 2.35. The molecule has 1 saturated heterocycles. The summed E-state index contributed by atoms with van der Waals surface area (Å²) in [6.45, 7) is 4.49. The minimum atomic E-state index is -0.648. The van der Waals surface area contributed by atoms with Crippen molar-refractivity contribution in [3.8, 4) is 11.5 Å². The molecule has 0 aliphatic carbocycles. The molecule has 7 nitrogen and oxygen atoms in total. The standard InChI is InChI=1S/C18H26N2O5/c1-5-7-12-8-13(9-14(24-3)16(12)25-4)18(22)20-10-11(6-2)15(20)17(21)19-23/h8-9,11,15,23H,5-7,10H2,1-4H3,(H,19,21)/t11-,15-/m1/s1. The molecule has 2 N–H and O–H groups in total. The molecule has 2 atom stereocenters. The van der Waals surface area contributed by atoms with Crippen molar-refractivity contribution < 1.29 is 24.3 Å². The van der Waals surface area contributed by atoms with E-state index in [0.29, 0.717) is 23.6 Å². The van der Waals surface area contributed by atoms with Crippen LogP contribution in [0.2, 0.25) is 0 Å². The van der Waals surface area contributed by atoms with Crippen LogP contribution in [-0.4, -0.2) is 48.7 Å². The van der Waals surface area contributed by atoms with Crippen molar-refractivity contribution in [3.63, 3.8) is 0 Å². The molecule has 0 saturated carbocycles. The highest BCUT2D eigenvalue weighted by Crippen LogP contribution is 2.36. The number of likely N-dealkylation sites (tertiary alicyclic amines) is 1. The molecule has 1 fully saturated rings. The highest BCUT2D eigenvalue weighted by molar-refractivity contribution is 5.99. The first-order chi connectivity index (χ1) is 12.0. The molecule has 0 radical (unpaired) electrons. The molecule has 0 spiro atoms. The first kappa shape index (κ1) is 19.1. The molecule has 7 heteroatoms. The molecule has 1 aromatic rings. The molecular weight excluding hydrogens is 324 g/mol. The fraction of sp³-hybridized carbons (Fsp3) is 0.556. The molecule has 1 heterocycles. The summed E-state index contributed by atoms with van der Waals surface area (Å²) in [5, 5.41) is 8.94. The highest BCUT2D eigenvalue weighted by Gasteiger charge is 2.45. The molecule has 25 heavy (non-hydrogen) atoms. The number of hydrogen-bond acceptors (Lipinski definition) is 5. The minimum Gasteiger partial charge on any atom is -0.493 e. The van der Waals surface area contributed by atoms with Gasteiger partial charge in [-0.1, -0.05) is 20.3 Å². The quantitative estimate of drug-likeness (QED) is 0.580. The molecule has 1 aliphatic heterocycles. The Morgan fingerprint density at radius 1 is 1.28 bits per heavy atom. The summed E-state index contributed by atoms with van der Waals surface area (Å²) in [6.07, 6.45) is 2.40. The number of amides is 2. The van der Waals surface area contributed by atoms with Gasteiger partial charge >= 0.3 is 0 Å². The maximum Gasteiger partial charge on any atom is 0.266 e. The lowest BCUT2D eigenvalue weighted by molar-refractivity contribution is -0.141. The van der Waals surface area contributed by atoms with E-state index in [4.69, 9.17) is 14.7 Å². The number of benzene rings is 1. The van der Waals surface area contributed by atoms with Crippen LogP contribution in [0.4, 0.5) is 0 Å². The van der Waals surface area contributed by atoms with Crippen molar-refractivity contribution >= 4 is 11.8 Å². The van der Waals surface area contributed by atoms with Crippen LogP contribution in [0.3, 0.4) is 0 Å². The van der Waals surface area contributed by atoms with Gasteiger partial charge in [-0.05, 0) is 30.5 Å². The number of carbonyl (C=O) groups is 2. The van der Waals surface area contributed by atoms with Crippen LogP contribution < -0.4 is 15.0 Å². The van der Waals surface area contributed by atoms with Crippen molar-refractivity contribution in [2.75, 3.05) is 20.8 Å². The number of carbonyl (C=O) groups excluding carboxylic acids is 2. The predicted octanol–water partition coefficient (Wildman–Crippen LogP) is 2.01. The van der Waals surface area contributed by atoms with Crippen molar-refractivity contribution in [2.45, 2.75) is 39.2 Å². The molecule has 0 bridgehead atoms. The number of nitrogens with zero attached hydrogens (tertiary/aromatic N) is 1. The van der Waals surface area contributed by atoms with Gasteiger partial charge in [-0.25, -0.2) is 5.48 Å². The molecule has 0 unspecified atom stereocenters. The third-order valence-electron chi connectivity index (χ3n) is 4.70. The van der Waals surface area contributed by atoms with Gasteiger partial charge in [0, 0.05) is 18.0 Å². The Morgan fingerprint density at radius 3 is 2.52 bits per heavy atom. The summed E-state index contributed by atoms with van der Waals surface area (Å²) in [4.78, 5) is 26.3. The second-order valence-corrected chi connectivity index (χ2v) is 6.17. The van der Waals surface area contributed by atoms with Gasteiger partial charge in [-0.15, -0.1) is 0 Å². The normalized spacial score (nSPS) is 19.2. The largest absolute Gasteiger partial charge is 0.493 e. The van der Waals surface area contributed by atoms with Crippen molar-refractivity contribution in [3.05, 3.63) is 23.3 Å². The second-order valence-electron chi connectivity index (χ2n) is 6.17. The van der Waals surface area contributed by atoms with E-state index in [1.54, 1.807) is 24.7 Å². The molecule has 138 valence electrons. The average molecular weight is 350 g/mol. The fourth-order valence-electron chi connectivity index (χ4n) is 3.35. The maximum atomic E-state index is 12.9. The lowest BCUT2D eigenvalue weighted by Crippen LogP contribution is -2.64. The Morgan fingerprint density at radius 2 is 2.00 bits per heavy atom. The van der Waals surface area contributed by atoms with Gasteiger partial charge in [0.15, 0.2) is 11.5 Å². The second kappa shape index (κ2) is 8.20. The van der Waals surface area contributed by atoms with Crippen molar-refractivity contribution in [1.29, 1.82) is 0 Å². The first-order valence-corrected chi connectivity index (χ1v) is 8.52. The Labute approximate surface area is 147 Å². The number of aryl methyl sites for hydroxylation is 1. The first-order valence-electron chi connectivity index (χ1n) is 8.52. The van der Waals surface area contributed by atoms with Crippen LogP contribution in [0.15, 0.2) is 12.1 Å². The zero-order valence-corrected chi connectivity index (χ0v) is 15.2. The van der Waals surface area contributed by atoms with E-state index in [-0.39, 0.29) is 11.8 Å². The van der Waals surface area contributed by atoms with Gasteiger partial charge in [0.05, 0.1) is 14.2 Å². The lowest BCUT2D eigenvalue weighted by Gasteiger charge is -2.46. The molecule has 0 aromatic heterocycles. The zero-order chi connectivity index (χ0) is 18.6. The van der Waals surface area contributed by atoms with Gasteiger partial charge < -0.3 is 14.4 Å². The van der Waals surface area contributed by atoms with Crippen LogP contribution in [0.25, 0.3) is 0 Å².